The lowest BCUT2D eigenvalue weighted by Gasteiger charge is -2.14. The van der Waals surface area contributed by atoms with E-state index in [1.165, 1.54) is 16.2 Å². The van der Waals surface area contributed by atoms with Gasteiger partial charge in [0, 0.05) is 12.2 Å². The van der Waals surface area contributed by atoms with Crippen LogP contribution in [0.5, 0.6) is 0 Å². The zero-order chi connectivity index (χ0) is 14.5. The summed E-state index contributed by atoms with van der Waals surface area (Å²) in [6.07, 6.45) is 2.36. The second kappa shape index (κ2) is 6.38. The number of carbonyl (C=O) groups is 2. The first-order valence-electron chi connectivity index (χ1n) is 6.25. The van der Waals surface area contributed by atoms with E-state index in [0.717, 1.165) is 6.42 Å². The van der Waals surface area contributed by atoms with E-state index in [-0.39, 0.29) is 24.2 Å². The average Bonchev–Trinajstić information content (AvgIpc) is 2.99. The van der Waals surface area contributed by atoms with Crippen LogP contribution in [0.25, 0.3) is 0 Å². The van der Waals surface area contributed by atoms with Gasteiger partial charge in [0.15, 0.2) is 0 Å². The molecule has 5 nitrogen and oxygen atoms in total. The van der Waals surface area contributed by atoms with Crippen molar-refractivity contribution in [1.82, 2.24) is 9.88 Å². The van der Waals surface area contributed by atoms with Crippen LogP contribution < -0.4 is 5.32 Å². The molecule has 2 rings (SSSR count). The van der Waals surface area contributed by atoms with Gasteiger partial charge in [0.2, 0.25) is 5.91 Å². The van der Waals surface area contributed by atoms with E-state index in [1.54, 1.807) is 23.6 Å². The highest BCUT2D eigenvalue weighted by atomic mass is 32.1. The third-order valence-corrected chi connectivity index (χ3v) is 3.62. The molecule has 2 N–H and O–H groups in total. The van der Waals surface area contributed by atoms with Crippen LogP contribution in [-0.2, 0) is 17.8 Å². The molecular formula is C14H16N2O3S. The number of carboxylic acid groups (broad SMARTS) is 1. The normalized spacial score (nSPS) is 12.1. The van der Waals surface area contributed by atoms with Crippen molar-refractivity contribution in [1.29, 1.82) is 0 Å². The fourth-order valence-corrected chi connectivity index (χ4v) is 2.72. The number of hydrogen-bond donors (Lipinski definition) is 2. The fraction of sp³-hybridized carbons (Fsp3) is 0.286. The Labute approximate surface area is 120 Å². The van der Waals surface area contributed by atoms with Crippen molar-refractivity contribution in [2.24, 2.45) is 0 Å². The maximum atomic E-state index is 11.9. The molecule has 0 aliphatic rings. The quantitative estimate of drug-likeness (QED) is 0.855. The van der Waals surface area contributed by atoms with Gasteiger partial charge in [-0.05, 0) is 47.9 Å². The summed E-state index contributed by atoms with van der Waals surface area (Å²) in [5.74, 6) is -1.22. The minimum absolute atomic E-state index is 0.0148. The molecule has 0 bridgehead atoms. The van der Waals surface area contributed by atoms with Crippen LogP contribution in [0.4, 0.5) is 0 Å². The highest BCUT2D eigenvalue weighted by Crippen LogP contribution is 2.08. The highest BCUT2D eigenvalue weighted by Gasteiger charge is 2.13. The molecule has 2 heterocycles. The van der Waals surface area contributed by atoms with Gasteiger partial charge in [-0.25, -0.2) is 4.79 Å². The molecular weight excluding hydrogens is 276 g/mol. The van der Waals surface area contributed by atoms with Crippen molar-refractivity contribution in [3.8, 4) is 0 Å². The molecule has 1 atom stereocenters. The molecule has 2 aromatic rings. The maximum absolute atomic E-state index is 11.9. The molecule has 0 aliphatic carbocycles. The van der Waals surface area contributed by atoms with Crippen LogP contribution in [0, 0.1) is 0 Å². The van der Waals surface area contributed by atoms with Crippen LogP contribution >= 0.6 is 11.3 Å². The molecule has 0 saturated heterocycles. The molecule has 1 unspecified atom stereocenters. The largest absolute Gasteiger partial charge is 0.477 e. The minimum atomic E-state index is -1.03. The molecule has 1 amide bonds. The summed E-state index contributed by atoms with van der Waals surface area (Å²) in [6, 6.07) is 5.14. The predicted molar refractivity (Wildman–Crippen MR) is 77.0 cm³/mol. The van der Waals surface area contributed by atoms with Crippen LogP contribution in [0.3, 0.4) is 0 Å². The molecule has 2 aromatic heterocycles. The van der Waals surface area contributed by atoms with Crippen LogP contribution in [0.2, 0.25) is 0 Å². The summed E-state index contributed by atoms with van der Waals surface area (Å²) >= 11 is 1.63. The van der Waals surface area contributed by atoms with Gasteiger partial charge in [-0.2, -0.15) is 11.3 Å². The summed E-state index contributed by atoms with van der Waals surface area (Å²) in [7, 11) is 0. The Morgan fingerprint density at radius 3 is 2.90 bits per heavy atom. The molecule has 6 heteroatoms. The Morgan fingerprint density at radius 2 is 2.25 bits per heavy atom. The van der Waals surface area contributed by atoms with E-state index in [4.69, 9.17) is 5.11 Å². The molecule has 0 radical (unpaired) electrons. The van der Waals surface area contributed by atoms with Gasteiger partial charge in [0.1, 0.15) is 12.2 Å². The molecule has 106 valence electrons. The number of rotatable bonds is 6. The lowest BCUT2D eigenvalue weighted by atomic mass is 10.1. The molecule has 0 aromatic carbocycles. The molecule has 0 fully saturated rings. The van der Waals surface area contributed by atoms with Gasteiger partial charge in [-0.3, -0.25) is 4.79 Å². The Balaban J connectivity index is 1.89. The minimum Gasteiger partial charge on any atom is -0.477 e. The Kier molecular flexibility index (Phi) is 4.57. The number of aromatic nitrogens is 1. The fourth-order valence-electron chi connectivity index (χ4n) is 2.03. The van der Waals surface area contributed by atoms with E-state index in [9.17, 15) is 9.59 Å². The zero-order valence-corrected chi connectivity index (χ0v) is 11.9. The molecule has 20 heavy (non-hydrogen) atoms. The second-order valence-electron chi connectivity index (χ2n) is 4.63. The van der Waals surface area contributed by atoms with Gasteiger partial charge in [0.25, 0.3) is 0 Å². The third-order valence-electron chi connectivity index (χ3n) is 2.89. The van der Waals surface area contributed by atoms with Gasteiger partial charge >= 0.3 is 5.97 Å². The predicted octanol–water partition coefficient (Wildman–Crippen LogP) is 2.00. The molecule has 0 aliphatic heterocycles. The first kappa shape index (κ1) is 14.3. The van der Waals surface area contributed by atoms with Gasteiger partial charge < -0.3 is 15.0 Å². The monoisotopic (exact) mass is 292 g/mol. The number of carboxylic acids is 1. The molecule has 0 saturated carbocycles. The number of nitrogens with one attached hydrogen (secondary N) is 1. The number of thiophene rings is 1. The summed E-state index contributed by atoms with van der Waals surface area (Å²) < 4.78 is 1.43. The van der Waals surface area contributed by atoms with Crippen LogP contribution in [-0.4, -0.2) is 27.6 Å². The van der Waals surface area contributed by atoms with E-state index < -0.39 is 5.97 Å². The number of hydrogen-bond acceptors (Lipinski definition) is 3. The van der Waals surface area contributed by atoms with Crippen LogP contribution in [0.15, 0.2) is 35.2 Å². The average molecular weight is 292 g/mol. The van der Waals surface area contributed by atoms with E-state index >= 15 is 0 Å². The number of amides is 1. The van der Waals surface area contributed by atoms with Crippen molar-refractivity contribution in [3.05, 3.63) is 46.4 Å². The van der Waals surface area contributed by atoms with Crippen molar-refractivity contribution < 1.29 is 14.7 Å². The van der Waals surface area contributed by atoms with Crippen molar-refractivity contribution in [2.75, 3.05) is 0 Å². The Morgan fingerprint density at radius 1 is 1.45 bits per heavy atom. The number of nitrogens with zero attached hydrogens (tertiary/aromatic N) is 1. The van der Waals surface area contributed by atoms with Crippen molar-refractivity contribution in [3.63, 3.8) is 0 Å². The Hall–Kier alpha value is -2.08. The zero-order valence-electron chi connectivity index (χ0n) is 11.1. The molecule has 0 spiro atoms. The first-order valence-corrected chi connectivity index (χ1v) is 7.19. The standard InChI is InChI=1S/C14H16N2O3S/c1-10(7-11-4-6-20-9-11)15-13(17)8-16-5-2-3-12(16)14(18)19/h2-6,9-10H,7-8H2,1H3,(H,15,17)(H,18,19). The van der Waals surface area contributed by atoms with Crippen molar-refractivity contribution >= 4 is 23.2 Å². The summed E-state index contributed by atoms with van der Waals surface area (Å²) in [4.78, 5) is 22.8. The maximum Gasteiger partial charge on any atom is 0.352 e. The summed E-state index contributed by atoms with van der Waals surface area (Å²) in [6.45, 7) is 1.95. The highest BCUT2D eigenvalue weighted by molar-refractivity contribution is 7.07. The second-order valence-corrected chi connectivity index (χ2v) is 5.41. The van der Waals surface area contributed by atoms with Gasteiger partial charge in [0.05, 0.1) is 0 Å². The number of aromatic carboxylic acids is 1. The summed E-state index contributed by atoms with van der Waals surface area (Å²) in [5, 5.41) is 15.9. The van der Waals surface area contributed by atoms with E-state index in [2.05, 4.69) is 10.7 Å². The van der Waals surface area contributed by atoms with Gasteiger partial charge in [-0.1, -0.05) is 0 Å². The van der Waals surface area contributed by atoms with Crippen molar-refractivity contribution in [2.45, 2.75) is 25.9 Å². The lowest BCUT2D eigenvalue weighted by Crippen LogP contribution is -2.36. The number of carbonyl (C=O) groups excluding carboxylic acids is 1. The topological polar surface area (TPSA) is 71.3 Å². The lowest BCUT2D eigenvalue weighted by molar-refractivity contribution is -0.122. The Bertz CT molecular complexity index is 589. The van der Waals surface area contributed by atoms with Gasteiger partial charge in [-0.15, -0.1) is 0 Å². The summed E-state index contributed by atoms with van der Waals surface area (Å²) in [5.41, 5.74) is 1.31. The third kappa shape index (κ3) is 3.71. The van der Waals surface area contributed by atoms with E-state index in [1.807, 2.05) is 18.4 Å². The SMILES string of the molecule is CC(Cc1ccsc1)NC(=O)Cn1cccc1C(=O)O. The van der Waals surface area contributed by atoms with E-state index in [0.29, 0.717) is 0 Å². The van der Waals surface area contributed by atoms with Crippen LogP contribution in [0.1, 0.15) is 23.0 Å². The smallest absolute Gasteiger partial charge is 0.352 e. The first-order chi connectivity index (χ1) is 9.56.